The summed E-state index contributed by atoms with van der Waals surface area (Å²) in [7, 11) is 0. The van der Waals surface area contributed by atoms with Crippen molar-refractivity contribution < 1.29 is 14.3 Å². The number of amides is 1. The zero-order valence-corrected chi connectivity index (χ0v) is 11.1. The van der Waals surface area contributed by atoms with Gasteiger partial charge in [0, 0.05) is 18.6 Å². The Labute approximate surface area is 109 Å². The monoisotopic (exact) mass is 256 g/mol. The van der Waals surface area contributed by atoms with Crippen LogP contribution in [0.5, 0.6) is 0 Å². The summed E-state index contributed by atoms with van der Waals surface area (Å²) in [6, 6.07) is 0.177. The second-order valence-electron chi connectivity index (χ2n) is 5.24. The largest absolute Gasteiger partial charge is 0.381 e. The Kier molecular flexibility index (Phi) is 5.41. The molecule has 5 heteroatoms. The van der Waals surface area contributed by atoms with Crippen LogP contribution >= 0.6 is 0 Å². The first-order chi connectivity index (χ1) is 8.75. The lowest BCUT2D eigenvalue weighted by Gasteiger charge is -2.24. The third kappa shape index (κ3) is 4.23. The van der Waals surface area contributed by atoms with Gasteiger partial charge in [-0.05, 0) is 39.3 Å². The summed E-state index contributed by atoms with van der Waals surface area (Å²) >= 11 is 0. The predicted octanol–water partition coefficient (Wildman–Crippen LogP) is 0.296. The first kappa shape index (κ1) is 13.8. The molecule has 2 unspecified atom stereocenters. The summed E-state index contributed by atoms with van der Waals surface area (Å²) in [5.41, 5.74) is 0. The summed E-state index contributed by atoms with van der Waals surface area (Å²) < 4.78 is 11.0. The summed E-state index contributed by atoms with van der Waals surface area (Å²) in [5.74, 6) is 0.445. The molecule has 1 amide bonds. The molecule has 2 aliphatic rings. The summed E-state index contributed by atoms with van der Waals surface area (Å²) in [4.78, 5) is 11.8. The van der Waals surface area contributed by atoms with Crippen LogP contribution in [0.3, 0.4) is 0 Å². The van der Waals surface area contributed by atoms with E-state index in [1.807, 2.05) is 6.92 Å². The van der Waals surface area contributed by atoms with Crippen LogP contribution in [-0.4, -0.2) is 51.0 Å². The standard InChI is InChI=1S/C13H24N2O3/c1-10(11-4-7-17-8-11)15-13(16)9-18-12-2-5-14-6-3-12/h10-12,14H,2-9H2,1H3,(H,15,16). The van der Waals surface area contributed by atoms with Gasteiger partial charge in [-0.25, -0.2) is 0 Å². The maximum atomic E-state index is 11.8. The number of piperidine rings is 1. The Morgan fingerprint density at radius 3 is 2.89 bits per heavy atom. The highest BCUT2D eigenvalue weighted by Gasteiger charge is 2.24. The molecule has 0 radical (unpaired) electrons. The first-order valence-electron chi connectivity index (χ1n) is 6.95. The SMILES string of the molecule is CC(NC(=O)COC1CCNCC1)C1CCOC1. The molecule has 2 rings (SSSR count). The molecule has 0 aromatic heterocycles. The van der Waals surface area contributed by atoms with Crippen LogP contribution in [0.2, 0.25) is 0 Å². The minimum atomic E-state index is -0.00654. The molecule has 2 fully saturated rings. The van der Waals surface area contributed by atoms with Crippen molar-refractivity contribution in [3.05, 3.63) is 0 Å². The lowest BCUT2D eigenvalue weighted by atomic mass is 10.0. The van der Waals surface area contributed by atoms with Crippen molar-refractivity contribution in [1.29, 1.82) is 0 Å². The van der Waals surface area contributed by atoms with Crippen molar-refractivity contribution in [3.63, 3.8) is 0 Å². The number of hydrogen-bond donors (Lipinski definition) is 2. The molecule has 2 atom stereocenters. The zero-order chi connectivity index (χ0) is 12.8. The molecule has 104 valence electrons. The van der Waals surface area contributed by atoms with Crippen LogP contribution < -0.4 is 10.6 Å². The highest BCUT2D eigenvalue weighted by atomic mass is 16.5. The number of nitrogens with one attached hydrogen (secondary N) is 2. The van der Waals surface area contributed by atoms with Gasteiger partial charge in [-0.2, -0.15) is 0 Å². The van der Waals surface area contributed by atoms with Crippen LogP contribution in [-0.2, 0) is 14.3 Å². The molecule has 0 saturated carbocycles. The normalized spacial score (nSPS) is 27.1. The van der Waals surface area contributed by atoms with Gasteiger partial charge < -0.3 is 20.1 Å². The first-order valence-corrected chi connectivity index (χ1v) is 6.95. The molecule has 2 N–H and O–H groups in total. The van der Waals surface area contributed by atoms with E-state index in [-0.39, 0.29) is 24.7 Å². The van der Waals surface area contributed by atoms with Gasteiger partial charge in [-0.3, -0.25) is 4.79 Å². The number of carbonyl (C=O) groups is 1. The molecule has 2 saturated heterocycles. The highest BCUT2D eigenvalue weighted by molar-refractivity contribution is 5.77. The van der Waals surface area contributed by atoms with E-state index >= 15 is 0 Å². The maximum Gasteiger partial charge on any atom is 0.246 e. The second-order valence-corrected chi connectivity index (χ2v) is 5.24. The van der Waals surface area contributed by atoms with Crippen molar-refractivity contribution in [2.45, 2.75) is 38.3 Å². The Morgan fingerprint density at radius 2 is 2.22 bits per heavy atom. The fourth-order valence-corrected chi connectivity index (χ4v) is 2.52. The minimum Gasteiger partial charge on any atom is -0.381 e. The number of hydrogen-bond acceptors (Lipinski definition) is 4. The third-order valence-corrected chi connectivity index (χ3v) is 3.80. The number of rotatable bonds is 5. The molecule has 0 bridgehead atoms. The van der Waals surface area contributed by atoms with Gasteiger partial charge in [0.05, 0.1) is 12.7 Å². The minimum absolute atomic E-state index is 0.00654. The molecular formula is C13H24N2O3. The second kappa shape index (κ2) is 7.07. The quantitative estimate of drug-likeness (QED) is 0.742. The van der Waals surface area contributed by atoms with Gasteiger partial charge in [0.1, 0.15) is 6.61 Å². The molecule has 0 aromatic carbocycles. The number of carbonyl (C=O) groups excluding carboxylic acids is 1. The Hall–Kier alpha value is -0.650. The Balaban J connectivity index is 1.61. The molecule has 0 spiro atoms. The lowest BCUT2D eigenvalue weighted by Crippen LogP contribution is -2.41. The van der Waals surface area contributed by atoms with Crippen LogP contribution in [0.25, 0.3) is 0 Å². The topological polar surface area (TPSA) is 59.6 Å². The summed E-state index contributed by atoms with van der Waals surface area (Å²) in [5, 5.41) is 6.28. The molecular weight excluding hydrogens is 232 g/mol. The maximum absolute atomic E-state index is 11.8. The van der Waals surface area contributed by atoms with E-state index in [1.54, 1.807) is 0 Å². The average Bonchev–Trinajstić information content (AvgIpc) is 2.91. The molecule has 0 aliphatic carbocycles. The van der Waals surface area contributed by atoms with Crippen LogP contribution in [0.4, 0.5) is 0 Å². The summed E-state index contributed by atoms with van der Waals surface area (Å²) in [6.07, 6.45) is 3.27. The molecule has 2 heterocycles. The number of ether oxygens (including phenoxy) is 2. The van der Waals surface area contributed by atoms with E-state index in [1.165, 1.54) is 0 Å². The molecule has 2 aliphatic heterocycles. The summed E-state index contributed by atoms with van der Waals surface area (Å²) in [6.45, 7) is 5.78. The van der Waals surface area contributed by atoms with Crippen LogP contribution in [0.15, 0.2) is 0 Å². The smallest absolute Gasteiger partial charge is 0.246 e. The Morgan fingerprint density at radius 1 is 1.44 bits per heavy atom. The van der Waals surface area contributed by atoms with Gasteiger partial charge in [-0.15, -0.1) is 0 Å². The van der Waals surface area contributed by atoms with Gasteiger partial charge in [-0.1, -0.05) is 0 Å². The molecule has 5 nitrogen and oxygen atoms in total. The fraction of sp³-hybridized carbons (Fsp3) is 0.923. The molecule has 0 aromatic rings. The van der Waals surface area contributed by atoms with Crippen molar-refractivity contribution >= 4 is 5.91 Å². The highest BCUT2D eigenvalue weighted by Crippen LogP contribution is 2.16. The van der Waals surface area contributed by atoms with E-state index in [0.717, 1.165) is 45.6 Å². The Bertz CT molecular complexity index is 261. The fourth-order valence-electron chi connectivity index (χ4n) is 2.52. The van der Waals surface area contributed by atoms with Crippen molar-refractivity contribution in [3.8, 4) is 0 Å². The van der Waals surface area contributed by atoms with Crippen molar-refractivity contribution in [1.82, 2.24) is 10.6 Å². The van der Waals surface area contributed by atoms with Gasteiger partial charge in [0.25, 0.3) is 0 Å². The molecule has 18 heavy (non-hydrogen) atoms. The predicted molar refractivity (Wildman–Crippen MR) is 68.4 cm³/mol. The lowest BCUT2D eigenvalue weighted by molar-refractivity contribution is -0.129. The van der Waals surface area contributed by atoms with E-state index in [4.69, 9.17) is 9.47 Å². The van der Waals surface area contributed by atoms with E-state index in [0.29, 0.717) is 5.92 Å². The van der Waals surface area contributed by atoms with Gasteiger partial charge in [0.2, 0.25) is 5.91 Å². The van der Waals surface area contributed by atoms with Gasteiger partial charge >= 0.3 is 0 Å². The average molecular weight is 256 g/mol. The van der Waals surface area contributed by atoms with Gasteiger partial charge in [0.15, 0.2) is 0 Å². The third-order valence-electron chi connectivity index (χ3n) is 3.80. The van der Waals surface area contributed by atoms with E-state index < -0.39 is 0 Å². The van der Waals surface area contributed by atoms with E-state index in [9.17, 15) is 4.79 Å². The zero-order valence-electron chi connectivity index (χ0n) is 11.1. The van der Waals surface area contributed by atoms with Crippen molar-refractivity contribution in [2.75, 3.05) is 32.9 Å². The van der Waals surface area contributed by atoms with Crippen LogP contribution in [0.1, 0.15) is 26.2 Å². The van der Waals surface area contributed by atoms with Crippen molar-refractivity contribution in [2.24, 2.45) is 5.92 Å². The van der Waals surface area contributed by atoms with Crippen LogP contribution in [0, 0.1) is 5.92 Å². The van der Waals surface area contributed by atoms with E-state index in [2.05, 4.69) is 10.6 Å².